The van der Waals surface area contributed by atoms with E-state index in [1.54, 1.807) is 12.1 Å². The van der Waals surface area contributed by atoms with Crippen LogP contribution in [0.25, 0.3) is 0 Å². The van der Waals surface area contributed by atoms with Crippen LogP contribution in [0.3, 0.4) is 0 Å². The highest BCUT2D eigenvalue weighted by Gasteiger charge is 2.26. The van der Waals surface area contributed by atoms with Crippen LogP contribution in [-0.4, -0.2) is 41.3 Å². The van der Waals surface area contributed by atoms with Gasteiger partial charge in [0.25, 0.3) is 0 Å². The van der Waals surface area contributed by atoms with Gasteiger partial charge in [0.15, 0.2) is 0 Å². The minimum atomic E-state index is -3.59. The van der Waals surface area contributed by atoms with Crippen LogP contribution < -0.4 is 9.62 Å². The molecular formula is C21H29N2O3S+. The topological polar surface area (TPSA) is 59.8 Å². The van der Waals surface area contributed by atoms with Gasteiger partial charge in [0, 0.05) is 0 Å². The SMILES string of the molecule is CCc1ccc(S(=O)(=O)N[C@@H](C[NH+]2CCOCC2)c2ccc(C)cc2)cc1. The second-order valence-corrected chi connectivity index (χ2v) is 8.86. The number of quaternary nitrogens is 1. The molecule has 0 saturated carbocycles. The third-order valence-electron chi connectivity index (χ3n) is 5.11. The Hall–Kier alpha value is -1.73. The Morgan fingerprint density at radius 3 is 2.26 bits per heavy atom. The van der Waals surface area contributed by atoms with Gasteiger partial charge in [-0.05, 0) is 36.6 Å². The third kappa shape index (κ3) is 5.39. The minimum absolute atomic E-state index is 0.269. The van der Waals surface area contributed by atoms with E-state index >= 15 is 0 Å². The van der Waals surface area contributed by atoms with Crippen molar-refractivity contribution in [3.63, 3.8) is 0 Å². The summed E-state index contributed by atoms with van der Waals surface area (Å²) in [5.41, 5.74) is 3.28. The monoisotopic (exact) mass is 389 g/mol. The summed E-state index contributed by atoms with van der Waals surface area (Å²) >= 11 is 0. The predicted octanol–water partition coefficient (Wildman–Crippen LogP) is 1.49. The van der Waals surface area contributed by atoms with E-state index in [0.717, 1.165) is 49.4 Å². The summed E-state index contributed by atoms with van der Waals surface area (Å²) in [6.45, 7) is 8.04. The Morgan fingerprint density at radius 1 is 1.04 bits per heavy atom. The molecule has 1 saturated heterocycles. The molecule has 0 unspecified atom stereocenters. The van der Waals surface area contributed by atoms with Crippen molar-refractivity contribution in [3.8, 4) is 0 Å². The molecule has 0 bridgehead atoms. The highest BCUT2D eigenvalue weighted by molar-refractivity contribution is 7.89. The van der Waals surface area contributed by atoms with Crippen molar-refractivity contribution in [2.45, 2.75) is 31.2 Å². The van der Waals surface area contributed by atoms with E-state index in [-0.39, 0.29) is 6.04 Å². The van der Waals surface area contributed by atoms with E-state index in [0.29, 0.717) is 11.4 Å². The number of hydrogen-bond acceptors (Lipinski definition) is 3. The van der Waals surface area contributed by atoms with E-state index in [9.17, 15) is 8.42 Å². The van der Waals surface area contributed by atoms with Gasteiger partial charge in [-0.3, -0.25) is 0 Å². The molecule has 5 nitrogen and oxygen atoms in total. The molecule has 2 N–H and O–H groups in total. The van der Waals surface area contributed by atoms with Gasteiger partial charge in [0.1, 0.15) is 13.1 Å². The second-order valence-electron chi connectivity index (χ2n) is 7.15. The van der Waals surface area contributed by atoms with Gasteiger partial charge in [-0.25, -0.2) is 8.42 Å². The maximum atomic E-state index is 13.0. The molecule has 1 aliphatic rings. The van der Waals surface area contributed by atoms with Crippen molar-refractivity contribution in [2.75, 3.05) is 32.8 Å². The van der Waals surface area contributed by atoms with Crippen molar-refractivity contribution in [1.82, 2.24) is 4.72 Å². The minimum Gasteiger partial charge on any atom is -0.370 e. The summed E-state index contributed by atoms with van der Waals surface area (Å²) in [7, 11) is -3.59. The lowest BCUT2D eigenvalue weighted by molar-refractivity contribution is -0.909. The first kappa shape index (κ1) is 20.0. The molecule has 2 aromatic carbocycles. The maximum absolute atomic E-state index is 13.0. The number of hydrogen-bond donors (Lipinski definition) is 2. The van der Waals surface area contributed by atoms with E-state index in [1.165, 1.54) is 4.90 Å². The molecule has 146 valence electrons. The number of sulfonamides is 1. The summed E-state index contributed by atoms with van der Waals surface area (Å²) in [5, 5.41) is 0. The van der Waals surface area contributed by atoms with Crippen molar-refractivity contribution >= 4 is 10.0 Å². The fraction of sp³-hybridized carbons (Fsp3) is 0.429. The van der Waals surface area contributed by atoms with Crippen LogP contribution in [0.1, 0.15) is 29.7 Å². The number of aryl methyl sites for hydroxylation is 2. The summed E-state index contributed by atoms with van der Waals surface area (Å²) in [6, 6.07) is 15.0. The van der Waals surface area contributed by atoms with Crippen molar-refractivity contribution in [3.05, 3.63) is 65.2 Å². The van der Waals surface area contributed by atoms with Crippen LogP contribution in [-0.2, 0) is 21.2 Å². The number of ether oxygens (including phenoxy) is 1. The quantitative estimate of drug-likeness (QED) is 0.754. The Balaban J connectivity index is 1.83. The second kappa shape index (κ2) is 8.97. The van der Waals surface area contributed by atoms with E-state index in [2.05, 4.69) is 11.6 Å². The lowest BCUT2D eigenvalue weighted by Gasteiger charge is -2.28. The molecule has 27 heavy (non-hydrogen) atoms. The highest BCUT2D eigenvalue weighted by atomic mass is 32.2. The van der Waals surface area contributed by atoms with Crippen molar-refractivity contribution in [1.29, 1.82) is 0 Å². The van der Waals surface area contributed by atoms with E-state index in [4.69, 9.17) is 4.74 Å². The van der Waals surface area contributed by atoms with Crippen LogP contribution in [0.15, 0.2) is 53.4 Å². The van der Waals surface area contributed by atoms with Gasteiger partial charge < -0.3 is 9.64 Å². The molecule has 1 fully saturated rings. The Bertz CT molecular complexity index is 827. The predicted molar refractivity (Wildman–Crippen MR) is 106 cm³/mol. The Kier molecular flexibility index (Phi) is 6.65. The molecule has 1 heterocycles. The molecule has 0 aliphatic carbocycles. The number of morpholine rings is 1. The number of nitrogens with one attached hydrogen (secondary N) is 2. The standard InChI is InChI=1S/C21H28N2O3S/c1-3-18-6-10-20(11-7-18)27(24,25)22-21(16-23-12-14-26-15-13-23)19-8-4-17(2)5-9-19/h4-11,21-22H,3,12-16H2,1-2H3/p+1/t21-/m0/s1. The molecular weight excluding hydrogens is 360 g/mol. The average Bonchev–Trinajstić information content (AvgIpc) is 2.69. The van der Waals surface area contributed by atoms with Gasteiger partial charge in [-0.15, -0.1) is 0 Å². The van der Waals surface area contributed by atoms with Gasteiger partial charge in [-0.2, -0.15) is 4.72 Å². The maximum Gasteiger partial charge on any atom is 0.241 e. The van der Waals surface area contributed by atoms with Gasteiger partial charge in [0.2, 0.25) is 10.0 Å². The molecule has 1 aliphatic heterocycles. The smallest absolute Gasteiger partial charge is 0.241 e. The number of rotatable bonds is 7. The summed E-state index contributed by atoms with van der Waals surface area (Å²) < 4.78 is 34.3. The zero-order valence-electron chi connectivity index (χ0n) is 16.1. The van der Waals surface area contributed by atoms with Gasteiger partial charge in [0.05, 0.1) is 30.7 Å². The number of benzene rings is 2. The third-order valence-corrected chi connectivity index (χ3v) is 6.60. The molecule has 0 amide bonds. The molecule has 1 atom stereocenters. The summed E-state index contributed by atoms with van der Waals surface area (Å²) in [4.78, 5) is 1.67. The molecule has 0 radical (unpaired) electrons. The van der Waals surface area contributed by atoms with Crippen LogP contribution in [0.2, 0.25) is 0 Å². The lowest BCUT2D eigenvalue weighted by atomic mass is 10.1. The highest BCUT2D eigenvalue weighted by Crippen LogP contribution is 2.18. The molecule has 3 rings (SSSR count). The van der Waals surface area contributed by atoms with Crippen LogP contribution >= 0.6 is 0 Å². The van der Waals surface area contributed by atoms with E-state index in [1.807, 2.05) is 43.3 Å². The molecule has 0 spiro atoms. The first-order valence-corrected chi connectivity index (χ1v) is 11.1. The normalized spacial score (nSPS) is 17.0. The summed E-state index contributed by atoms with van der Waals surface area (Å²) in [6.07, 6.45) is 0.889. The van der Waals surface area contributed by atoms with Gasteiger partial charge in [-0.1, -0.05) is 48.9 Å². The molecule has 6 heteroatoms. The fourth-order valence-electron chi connectivity index (χ4n) is 3.34. The molecule has 0 aromatic heterocycles. The van der Waals surface area contributed by atoms with E-state index < -0.39 is 10.0 Å². The zero-order chi connectivity index (χ0) is 19.3. The fourth-order valence-corrected chi connectivity index (χ4v) is 4.56. The first-order valence-electron chi connectivity index (χ1n) is 9.57. The lowest BCUT2D eigenvalue weighted by Crippen LogP contribution is -3.14. The van der Waals surface area contributed by atoms with Crippen molar-refractivity contribution < 1.29 is 18.1 Å². The van der Waals surface area contributed by atoms with Crippen LogP contribution in [0, 0.1) is 6.92 Å². The summed E-state index contributed by atoms with van der Waals surface area (Å²) in [5.74, 6) is 0. The van der Waals surface area contributed by atoms with Gasteiger partial charge >= 0.3 is 0 Å². The average molecular weight is 390 g/mol. The largest absolute Gasteiger partial charge is 0.370 e. The Labute approximate surface area is 162 Å². The Morgan fingerprint density at radius 2 is 1.67 bits per heavy atom. The zero-order valence-corrected chi connectivity index (χ0v) is 16.9. The molecule has 2 aromatic rings. The van der Waals surface area contributed by atoms with Crippen molar-refractivity contribution in [2.24, 2.45) is 0 Å². The first-order chi connectivity index (χ1) is 13.0. The van der Waals surface area contributed by atoms with Crippen LogP contribution in [0.5, 0.6) is 0 Å². The van der Waals surface area contributed by atoms with Crippen LogP contribution in [0.4, 0.5) is 0 Å².